The number of anilines is 1. The van der Waals surface area contributed by atoms with Crippen molar-refractivity contribution in [3.63, 3.8) is 0 Å². The summed E-state index contributed by atoms with van der Waals surface area (Å²) in [6.45, 7) is 2.03. The number of benzene rings is 2. The second kappa shape index (κ2) is 9.23. The second-order valence-corrected chi connectivity index (χ2v) is 9.35. The number of nitrogens with zero attached hydrogens (tertiary/aromatic N) is 2. The van der Waals surface area contributed by atoms with E-state index in [0.29, 0.717) is 15.9 Å². The lowest BCUT2D eigenvalue weighted by Gasteiger charge is -2.23. The molecule has 2 amide bonds. The molecule has 1 atom stereocenters. The molecular weight excluding hydrogens is 418 g/mol. The maximum absolute atomic E-state index is 13.2. The molecule has 1 heterocycles. The number of amidine groups is 1. The molecular formula is C23H24ClN3O2S. The molecule has 156 valence electrons. The van der Waals surface area contributed by atoms with E-state index in [2.05, 4.69) is 5.32 Å². The largest absolute Gasteiger partial charge is 0.326 e. The lowest BCUT2D eigenvalue weighted by Crippen LogP contribution is -2.40. The van der Waals surface area contributed by atoms with Gasteiger partial charge in [-0.15, -0.1) is 0 Å². The molecule has 1 saturated heterocycles. The summed E-state index contributed by atoms with van der Waals surface area (Å²) < 4.78 is 0. The summed E-state index contributed by atoms with van der Waals surface area (Å²) in [6.07, 6.45) is 4.32. The summed E-state index contributed by atoms with van der Waals surface area (Å²) in [5, 5.41) is 3.63. The van der Waals surface area contributed by atoms with Gasteiger partial charge in [-0.1, -0.05) is 60.0 Å². The van der Waals surface area contributed by atoms with E-state index in [1.54, 1.807) is 24.3 Å². The Bertz CT molecular complexity index is 971. The Morgan fingerprint density at radius 3 is 2.63 bits per heavy atom. The van der Waals surface area contributed by atoms with Gasteiger partial charge >= 0.3 is 0 Å². The van der Waals surface area contributed by atoms with Crippen LogP contribution in [0.5, 0.6) is 0 Å². The number of rotatable bonds is 5. The fourth-order valence-corrected chi connectivity index (χ4v) is 5.27. The summed E-state index contributed by atoms with van der Waals surface area (Å²) in [5.41, 5.74) is 2.62. The average molecular weight is 442 g/mol. The van der Waals surface area contributed by atoms with Crippen molar-refractivity contribution in [1.82, 2.24) is 4.90 Å². The first-order valence-electron chi connectivity index (χ1n) is 10.2. The van der Waals surface area contributed by atoms with Crippen LogP contribution in [0, 0.1) is 6.92 Å². The van der Waals surface area contributed by atoms with Gasteiger partial charge < -0.3 is 5.32 Å². The van der Waals surface area contributed by atoms with Crippen molar-refractivity contribution in [2.24, 2.45) is 4.99 Å². The number of hydrogen-bond acceptors (Lipinski definition) is 4. The van der Waals surface area contributed by atoms with Crippen LogP contribution in [0.3, 0.4) is 0 Å². The van der Waals surface area contributed by atoms with Crippen LogP contribution in [0.15, 0.2) is 53.5 Å². The highest BCUT2D eigenvalue weighted by Gasteiger charge is 2.43. The molecule has 0 radical (unpaired) electrons. The van der Waals surface area contributed by atoms with Gasteiger partial charge in [0.1, 0.15) is 5.25 Å². The fourth-order valence-electron chi connectivity index (χ4n) is 3.87. The topological polar surface area (TPSA) is 61.8 Å². The Kier molecular flexibility index (Phi) is 6.44. The quantitative estimate of drug-likeness (QED) is 0.661. The van der Waals surface area contributed by atoms with Gasteiger partial charge in [0.15, 0.2) is 5.17 Å². The van der Waals surface area contributed by atoms with Gasteiger partial charge in [0, 0.05) is 23.2 Å². The SMILES string of the molecule is Cc1ccc(N=C2SC(CC(=O)Nc3cccc(Cl)c3)C(=O)N2C2CCCC2)cc1. The minimum atomic E-state index is -0.464. The van der Waals surface area contributed by atoms with Crippen molar-refractivity contribution in [2.45, 2.75) is 50.3 Å². The number of aryl methyl sites for hydroxylation is 1. The van der Waals surface area contributed by atoms with Gasteiger partial charge in [-0.05, 0) is 50.1 Å². The predicted octanol–water partition coefficient (Wildman–Crippen LogP) is 5.55. The summed E-state index contributed by atoms with van der Waals surface area (Å²) in [7, 11) is 0. The van der Waals surface area contributed by atoms with Crippen LogP contribution in [-0.4, -0.2) is 33.2 Å². The molecule has 2 aromatic carbocycles. The lowest BCUT2D eigenvalue weighted by molar-refractivity contribution is -0.129. The Hall–Kier alpha value is -2.31. The number of hydrogen-bond donors (Lipinski definition) is 1. The average Bonchev–Trinajstić information content (AvgIpc) is 3.32. The zero-order valence-electron chi connectivity index (χ0n) is 16.8. The molecule has 30 heavy (non-hydrogen) atoms. The third kappa shape index (κ3) is 4.87. The van der Waals surface area contributed by atoms with Gasteiger partial charge in [-0.2, -0.15) is 0 Å². The number of aliphatic imine (C=N–C) groups is 1. The minimum Gasteiger partial charge on any atom is -0.326 e. The van der Waals surface area contributed by atoms with Crippen molar-refractivity contribution in [3.8, 4) is 0 Å². The molecule has 7 heteroatoms. The molecule has 4 rings (SSSR count). The molecule has 1 unspecified atom stereocenters. The second-order valence-electron chi connectivity index (χ2n) is 7.75. The first-order chi connectivity index (χ1) is 14.5. The standard InChI is InChI=1S/C23H24ClN3O2S/c1-15-9-11-17(12-10-15)26-23-27(19-7-2-3-8-19)22(29)20(30-23)14-21(28)25-18-6-4-5-16(24)13-18/h4-6,9-13,19-20H,2-3,7-8,14H2,1H3,(H,25,28). The Labute approximate surface area is 185 Å². The van der Waals surface area contributed by atoms with E-state index in [-0.39, 0.29) is 24.3 Å². The van der Waals surface area contributed by atoms with Crippen molar-refractivity contribution < 1.29 is 9.59 Å². The molecule has 1 aliphatic carbocycles. The van der Waals surface area contributed by atoms with E-state index in [1.807, 2.05) is 36.1 Å². The van der Waals surface area contributed by atoms with Crippen LogP contribution < -0.4 is 5.32 Å². The molecule has 2 aliphatic rings. The lowest BCUT2D eigenvalue weighted by atomic mass is 10.2. The molecule has 1 N–H and O–H groups in total. The van der Waals surface area contributed by atoms with Crippen LogP contribution in [0.1, 0.15) is 37.7 Å². The van der Waals surface area contributed by atoms with Crippen molar-refractivity contribution in [3.05, 3.63) is 59.1 Å². The van der Waals surface area contributed by atoms with Crippen LogP contribution >= 0.6 is 23.4 Å². The van der Waals surface area contributed by atoms with Crippen LogP contribution in [0.4, 0.5) is 11.4 Å². The normalized spacial score (nSPS) is 20.9. The molecule has 5 nitrogen and oxygen atoms in total. The highest BCUT2D eigenvalue weighted by molar-refractivity contribution is 8.15. The summed E-state index contributed by atoms with van der Waals surface area (Å²) in [5.74, 6) is -0.218. The summed E-state index contributed by atoms with van der Waals surface area (Å²) in [4.78, 5) is 32.4. The fraction of sp³-hybridized carbons (Fsp3) is 0.348. The highest BCUT2D eigenvalue weighted by atomic mass is 35.5. The van der Waals surface area contributed by atoms with Crippen molar-refractivity contribution in [2.75, 3.05) is 5.32 Å². The maximum Gasteiger partial charge on any atom is 0.242 e. The Morgan fingerprint density at radius 1 is 1.20 bits per heavy atom. The van der Waals surface area contributed by atoms with Gasteiger partial charge in [0.05, 0.1) is 5.69 Å². The third-order valence-corrected chi connectivity index (χ3v) is 6.78. The van der Waals surface area contributed by atoms with Gasteiger partial charge in [0.2, 0.25) is 11.8 Å². The first kappa shape index (κ1) is 20.9. The van der Waals surface area contributed by atoms with E-state index < -0.39 is 5.25 Å². The van der Waals surface area contributed by atoms with Gasteiger partial charge in [-0.3, -0.25) is 14.5 Å². The molecule has 0 bridgehead atoms. The minimum absolute atomic E-state index is 0.0148. The molecule has 1 saturated carbocycles. The van der Waals surface area contributed by atoms with E-state index in [9.17, 15) is 9.59 Å². The Balaban J connectivity index is 1.51. The molecule has 2 aromatic rings. The number of carbonyl (C=O) groups is 2. The molecule has 2 fully saturated rings. The highest BCUT2D eigenvalue weighted by Crippen LogP contribution is 2.37. The molecule has 1 aliphatic heterocycles. The maximum atomic E-state index is 13.2. The van der Waals surface area contributed by atoms with Crippen molar-refractivity contribution in [1.29, 1.82) is 0 Å². The predicted molar refractivity (Wildman–Crippen MR) is 123 cm³/mol. The number of carbonyl (C=O) groups excluding carboxylic acids is 2. The zero-order valence-corrected chi connectivity index (χ0v) is 18.4. The number of amides is 2. The van der Waals surface area contributed by atoms with Crippen molar-refractivity contribution >= 4 is 51.7 Å². The van der Waals surface area contributed by atoms with Crippen LogP contribution in [-0.2, 0) is 9.59 Å². The first-order valence-corrected chi connectivity index (χ1v) is 11.5. The summed E-state index contributed by atoms with van der Waals surface area (Å²) in [6, 6.07) is 15.1. The van der Waals surface area contributed by atoms with E-state index in [1.165, 1.54) is 11.8 Å². The van der Waals surface area contributed by atoms with Gasteiger partial charge in [0.25, 0.3) is 0 Å². The molecule has 0 aromatic heterocycles. The van der Waals surface area contributed by atoms with Crippen LogP contribution in [0.25, 0.3) is 0 Å². The van der Waals surface area contributed by atoms with Crippen LogP contribution in [0.2, 0.25) is 5.02 Å². The zero-order chi connectivity index (χ0) is 21.1. The number of thioether (sulfide) groups is 1. The third-order valence-electron chi connectivity index (χ3n) is 5.39. The Morgan fingerprint density at radius 2 is 1.93 bits per heavy atom. The van der Waals surface area contributed by atoms with E-state index >= 15 is 0 Å². The molecule has 0 spiro atoms. The number of halogens is 1. The van der Waals surface area contributed by atoms with Gasteiger partial charge in [-0.25, -0.2) is 4.99 Å². The van der Waals surface area contributed by atoms with E-state index in [4.69, 9.17) is 16.6 Å². The van der Waals surface area contributed by atoms with E-state index in [0.717, 1.165) is 36.9 Å². The summed E-state index contributed by atoms with van der Waals surface area (Å²) >= 11 is 7.38. The monoisotopic (exact) mass is 441 g/mol. The smallest absolute Gasteiger partial charge is 0.242 e. The number of nitrogens with one attached hydrogen (secondary N) is 1.